The molecule has 0 bridgehead atoms. The van der Waals surface area contributed by atoms with Gasteiger partial charge >= 0.3 is 0 Å². The summed E-state index contributed by atoms with van der Waals surface area (Å²) in [5, 5.41) is 3.03. The van der Waals surface area contributed by atoms with E-state index in [2.05, 4.69) is 15.3 Å². The van der Waals surface area contributed by atoms with Crippen LogP contribution < -0.4 is 5.32 Å². The minimum absolute atomic E-state index is 0.549. The Morgan fingerprint density at radius 1 is 1.38 bits per heavy atom. The third-order valence-electron chi connectivity index (χ3n) is 1.71. The van der Waals surface area contributed by atoms with Gasteiger partial charge in [0.25, 0.3) is 0 Å². The summed E-state index contributed by atoms with van der Waals surface area (Å²) in [7, 11) is 0. The summed E-state index contributed by atoms with van der Waals surface area (Å²) < 4.78 is 0. The van der Waals surface area contributed by atoms with Crippen molar-refractivity contribution in [3.05, 3.63) is 17.1 Å². The lowest BCUT2D eigenvalue weighted by molar-refractivity contribution is 0.112. The highest BCUT2D eigenvalue weighted by molar-refractivity contribution is 5.83. The summed E-state index contributed by atoms with van der Waals surface area (Å²) in [5.74, 6) is 1.31. The normalized spacial score (nSPS) is 9.77. The fraction of sp³-hybridized carbons (Fsp3) is 0.444. The number of hydrogen-bond acceptors (Lipinski definition) is 4. The molecule has 4 nitrogen and oxygen atoms in total. The van der Waals surface area contributed by atoms with E-state index in [0.29, 0.717) is 17.2 Å². The molecule has 4 heteroatoms. The van der Waals surface area contributed by atoms with Crippen molar-refractivity contribution in [2.75, 3.05) is 11.9 Å². The standard InChI is InChI=1S/C9H13N3O/c1-4-10-9-8(5-13)6(2)11-7(3)12-9/h5H,4H2,1-3H3,(H,10,11,12). The van der Waals surface area contributed by atoms with Crippen molar-refractivity contribution >= 4 is 12.1 Å². The Morgan fingerprint density at radius 2 is 2.08 bits per heavy atom. The summed E-state index contributed by atoms with van der Waals surface area (Å²) in [6, 6.07) is 0. The molecule has 1 aromatic heterocycles. The van der Waals surface area contributed by atoms with Crippen LogP contribution in [0.1, 0.15) is 28.8 Å². The maximum Gasteiger partial charge on any atom is 0.155 e. The van der Waals surface area contributed by atoms with Gasteiger partial charge in [-0.2, -0.15) is 0 Å². The molecule has 1 N–H and O–H groups in total. The van der Waals surface area contributed by atoms with E-state index in [1.165, 1.54) is 0 Å². The highest BCUT2D eigenvalue weighted by Gasteiger charge is 2.07. The van der Waals surface area contributed by atoms with Crippen LogP contribution in [0.25, 0.3) is 0 Å². The number of carbonyl (C=O) groups excluding carboxylic acids is 1. The third kappa shape index (κ3) is 2.02. The summed E-state index contributed by atoms with van der Waals surface area (Å²) in [5.41, 5.74) is 1.27. The molecule has 0 fully saturated rings. The van der Waals surface area contributed by atoms with Gasteiger partial charge in [-0.05, 0) is 20.8 Å². The van der Waals surface area contributed by atoms with Gasteiger partial charge in [-0.25, -0.2) is 9.97 Å². The molecule has 0 unspecified atom stereocenters. The highest BCUT2D eigenvalue weighted by atomic mass is 16.1. The fourth-order valence-electron chi connectivity index (χ4n) is 1.16. The zero-order valence-corrected chi connectivity index (χ0v) is 8.09. The van der Waals surface area contributed by atoms with Crippen LogP contribution in [-0.2, 0) is 0 Å². The van der Waals surface area contributed by atoms with Crippen molar-refractivity contribution in [2.24, 2.45) is 0 Å². The van der Waals surface area contributed by atoms with E-state index in [9.17, 15) is 4.79 Å². The molecule has 0 atom stereocenters. The predicted octanol–water partition coefficient (Wildman–Crippen LogP) is 1.34. The maximum absolute atomic E-state index is 10.7. The zero-order chi connectivity index (χ0) is 9.84. The van der Waals surface area contributed by atoms with Gasteiger partial charge in [0.15, 0.2) is 6.29 Å². The molecule has 70 valence electrons. The van der Waals surface area contributed by atoms with Crippen molar-refractivity contribution in [3.8, 4) is 0 Å². The lowest BCUT2D eigenvalue weighted by Crippen LogP contribution is -2.07. The minimum atomic E-state index is 0.549. The second kappa shape index (κ2) is 3.98. The Bertz CT molecular complexity index is 323. The second-order valence-electron chi connectivity index (χ2n) is 2.77. The van der Waals surface area contributed by atoms with E-state index in [1.54, 1.807) is 6.92 Å². The number of hydrogen-bond donors (Lipinski definition) is 1. The Kier molecular flexibility index (Phi) is 2.95. The quantitative estimate of drug-likeness (QED) is 0.711. The van der Waals surface area contributed by atoms with Gasteiger partial charge in [-0.15, -0.1) is 0 Å². The molecule has 13 heavy (non-hydrogen) atoms. The number of aldehydes is 1. The lowest BCUT2D eigenvalue weighted by Gasteiger charge is -2.07. The van der Waals surface area contributed by atoms with Crippen molar-refractivity contribution in [1.82, 2.24) is 9.97 Å². The number of nitrogens with zero attached hydrogens (tertiary/aromatic N) is 2. The number of carbonyl (C=O) groups is 1. The van der Waals surface area contributed by atoms with Crippen LogP contribution in [0, 0.1) is 13.8 Å². The molecule has 0 amide bonds. The number of aryl methyl sites for hydroxylation is 2. The van der Waals surface area contributed by atoms with Gasteiger partial charge in [0.1, 0.15) is 11.6 Å². The molecular formula is C9H13N3O. The number of nitrogens with one attached hydrogen (secondary N) is 1. The predicted molar refractivity (Wildman–Crippen MR) is 51.1 cm³/mol. The van der Waals surface area contributed by atoms with Crippen LogP contribution in [0.4, 0.5) is 5.82 Å². The van der Waals surface area contributed by atoms with Gasteiger partial charge in [-0.3, -0.25) is 4.79 Å². The van der Waals surface area contributed by atoms with E-state index in [1.807, 2.05) is 13.8 Å². The van der Waals surface area contributed by atoms with E-state index in [4.69, 9.17) is 0 Å². The number of aromatic nitrogens is 2. The summed E-state index contributed by atoms with van der Waals surface area (Å²) in [6.07, 6.45) is 0.784. The second-order valence-corrected chi connectivity index (χ2v) is 2.77. The Labute approximate surface area is 77.4 Å². The zero-order valence-electron chi connectivity index (χ0n) is 8.09. The van der Waals surface area contributed by atoms with Crippen molar-refractivity contribution < 1.29 is 4.79 Å². The van der Waals surface area contributed by atoms with Gasteiger partial charge < -0.3 is 5.32 Å². The lowest BCUT2D eigenvalue weighted by atomic mass is 10.2. The summed E-state index contributed by atoms with van der Waals surface area (Å²) in [4.78, 5) is 19.0. The molecule has 1 rings (SSSR count). The monoisotopic (exact) mass is 179 g/mol. The molecule has 1 aromatic rings. The van der Waals surface area contributed by atoms with Gasteiger partial charge in [0.05, 0.1) is 11.3 Å². The molecule has 0 aromatic carbocycles. The first-order valence-electron chi connectivity index (χ1n) is 4.23. The third-order valence-corrected chi connectivity index (χ3v) is 1.71. The van der Waals surface area contributed by atoms with Crippen LogP contribution in [0.15, 0.2) is 0 Å². The van der Waals surface area contributed by atoms with Gasteiger partial charge in [-0.1, -0.05) is 0 Å². The molecule has 0 radical (unpaired) electrons. The van der Waals surface area contributed by atoms with Crippen LogP contribution >= 0.6 is 0 Å². The summed E-state index contributed by atoms with van der Waals surface area (Å²) in [6.45, 7) is 6.32. The number of anilines is 1. The topological polar surface area (TPSA) is 54.9 Å². The first-order chi connectivity index (χ1) is 6.19. The first-order valence-corrected chi connectivity index (χ1v) is 4.23. The minimum Gasteiger partial charge on any atom is -0.370 e. The van der Waals surface area contributed by atoms with Crippen LogP contribution in [0.5, 0.6) is 0 Å². The molecular weight excluding hydrogens is 166 g/mol. The molecule has 0 spiro atoms. The Morgan fingerprint density at radius 3 is 2.62 bits per heavy atom. The van der Waals surface area contributed by atoms with E-state index >= 15 is 0 Å². The number of rotatable bonds is 3. The molecule has 1 heterocycles. The Balaban J connectivity index is 3.20. The van der Waals surface area contributed by atoms with Crippen molar-refractivity contribution in [2.45, 2.75) is 20.8 Å². The largest absolute Gasteiger partial charge is 0.370 e. The van der Waals surface area contributed by atoms with Crippen LogP contribution in [0.3, 0.4) is 0 Å². The molecule has 0 saturated heterocycles. The smallest absolute Gasteiger partial charge is 0.155 e. The van der Waals surface area contributed by atoms with Crippen LogP contribution in [0.2, 0.25) is 0 Å². The Hall–Kier alpha value is -1.45. The van der Waals surface area contributed by atoms with Gasteiger partial charge in [0, 0.05) is 6.54 Å². The highest BCUT2D eigenvalue weighted by Crippen LogP contribution is 2.12. The van der Waals surface area contributed by atoms with Crippen molar-refractivity contribution in [3.63, 3.8) is 0 Å². The van der Waals surface area contributed by atoms with E-state index in [-0.39, 0.29) is 0 Å². The van der Waals surface area contributed by atoms with E-state index < -0.39 is 0 Å². The van der Waals surface area contributed by atoms with E-state index in [0.717, 1.165) is 18.5 Å². The fourth-order valence-corrected chi connectivity index (χ4v) is 1.16. The van der Waals surface area contributed by atoms with Crippen LogP contribution in [-0.4, -0.2) is 22.8 Å². The molecule has 0 aliphatic carbocycles. The molecule has 0 aliphatic heterocycles. The summed E-state index contributed by atoms with van der Waals surface area (Å²) >= 11 is 0. The average molecular weight is 179 g/mol. The first kappa shape index (κ1) is 9.64. The molecule has 0 saturated carbocycles. The van der Waals surface area contributed by atoms with Crippen molar-refractivity contribution in [1.29, 1.82) is 0 Å². The van der Waals surface area contributed by atoms with Gasteiger partial charge in [0.2, 0.25) is 0 Å². The average Bonchev–Trinajstić information content (AvgIpc) is 2.04. The molecule has 0 aliphatic rings. The maximum atomic E-state index is 10.7. The SMILES string of the molecule is CCNc1nc(C)nc(C)c1C=O.